The highest BCUT2D eigenvalue weighted by Gasteiger charge is 2.28. The quantitative estimate of drug-likeness (QED) is 0.488. The second-order valence-electron chi connectivity index (χ2n) is 7.82. The van der Waals surface area contributed by atoms with Crippen molar-refractivity contribution in [3.63, 3.8) is 0 Å². The Morgan fingerprint density at radius 1 is 1.10 bits per heavy atom. The number of hydrogen-bond acceptors (Lipinski definition) is 3. The highest BCUT2D eigenvalue weighted by atomic mass is 16.2. The van der Waals surface area contributed by atoms with Gasteiger partial charge in [0.05, 0.1) is 6.04 Å². The molecule has 0 fully saturated rings. The van der Waals surface area contributed by atoms with Crippen LogP contribution in [0.1, 0.15) is 30.0 Å². The first-order valence-corrected chi connectivity index (χ1v) is 10.6. The Hall–Kier alpha value is -3.12. The van der Waals surface area contributed by atoms with Gasteiger partial charge >= 0.3 is 0 Å². The van der Waals surface area contributed by atoms with E-state index in [1.807, 2.05) is 49.5 Å². The van der Waals surface area contributed by atoms with Crippen molar-refractivity contribution in [2.45, 2.75) is 44.8 Å². The lowest BCUT2D eigenvalue weighted by Gasteiger charge is -2.27. The molecule has 0 unspecified atom stereocenters. The summed E-state index contributed by atoms with van der Waals surface area (Å²) < 4.78 is 0. The van der Waals surface area contributed by atoms with Crippen LogP contribution in [0.25, 0.3) is 10.9 Å². The summed E-state index contributed by atoms with van der Waals surface area (Å²) in [6.07, 6.45) is 3.83. The molecule has 0 saturated carbocycles. The Kier molecular flexibility index (Phi) is 6.14. The second kappa shape index (κ2) is 9.13. The Morgan fingerprint density at radius 3 is 2.70 bits per heavy atom. The van der Waals surface area contributed by atoms with Crippen LogP contribution in [0.3, 0.4) is 0 Å². The van der Waals surface area contributed by atoms with Gasteiger partial charge in [-0.2, -0.15) is 0 Å². The number of nitrogens with one attached hydrogen (secondary N) is 4. The molecule has 0 aliphatic carbocycles. The second-order valence-corrected chi connectivity index (χ2v) is 7.82. The summed E-state index contributed by atoms with van der Waals surface area (Å²) in [5.41, 5.74) is 4.44. The molecule has 0 spiro atoms. The number of amides is 2. The lowest BCUT2D eigenvalue weighted by atomic mass is 9.95. The summed E-state index contributed by atoms with van der Waals surface area (Å²) in [7, 11) is 0. The average molecular weight is 405 g/mol. The van der Waals surface area contributed by atoms with Gasteiger partial charge in [0.2, 0.25) is 11.8 Å². The van der Waals surface area contributed by atoms with Crippen molar-refractivity contribution in [1.82, 2.24) is 20.9 Å². The zero-order valence-corrected chi connectivity index (χ0v) is 17.2. The number of rotatable bonds is 7. The van der Waals surface area contributed by atoms with Crippen molar-refractivity contribution < 1.29 is 9.59 Å². The smallest absolute Gasteiger partial charge is 0.242 e. The normalized spacial score (nSPS) is 16.6. The molecule has 1 aromatic heterocycles. The topological polar surface area (TPSA) is 86.0 Å². The zero-order chi connectivity index (χ0) is 20.9. The van der Waals surface area contributed by atoms with Gasteiger partial charge in [0.15, 0.2) is 0 Å². The lowest BCUT2D eigenvalue weighted by Crippen LogP contribution is -2.55. The van der Waals surface area contributed by atoms with E-state index in [1.165, 1.54) is 11.1 Å². The molecule has 30 heavy (non-hydrogen) atoms. The minimum atomic E-state index is -0.623. The molecule has 6 heteroatoms. The van der Waals surface area contributed by atoms with Crippen LogP contribution < -0.4 is 16.0 Å². The fourth-order valence-corrected chi connectivity index (χ4v) is 4.01. The molecule has 1 aliphatic heterocycles. The molecule has 2 heterocycles. The van der Waals surface area contributed by atoms with E-state index in [1.54, 1.807) is 0 Å². The van der Waals surface area contributed by atoms with Gasteiger partial charge in [0, 0.05) is 36.6 Å². The number of carbonyl (C=O) groups is 2. The molecular formula is C24H28N4O2. The van der Waals surface area contributed by atoms with Gasteiger partial charge in [-0.25, -0.2) is 0 Å². The van der Waals surface area contributed by atoms with Gasteiger partial charge in [-0.05, 0) is 35.6 Å². The molecule has 3 aromatic rings. The Labute approximate surface area is 176 Å². The summed E-state index contributed by atoms with van der Waals surface area (Å²) in [5.74, 6) is -0.285. The van der Waals surface area contributed by atoms with Gasteiger partial charge in [-0.1, -0.05) is 49.4 Å². The summed E-state index contributed by atoms with van der Waals surface area (Å²) in [4.78, 5) is 29.1. The van der Waals surface area contributed by atoms with E-state index in [-0.39, 0.29) is 17.9 Å². The highest BCUT2D eigenvalue weighted by molar-refractivity contribution is 5.91. The van der Waals surface area contributed by atoms with Gasteiger partial charge in [0.1, 0.15) is 6.04 Å². The summed E-state index contributed by atoms with van der Waals surface area (Å²) in [5, 5.41) is 10.3. The molecule has 0 saturated heterocycles. The molecule has 2 aromatic carbocycles. The van der Waals surface area contributed by atoms with Gasteiger partial charge in [0.25, 0.3) is 0 Å². The summed E-state index contributed by atoms with van der Waals surface area (Å²) in [6.45, 7) is 3.26. The van der Waals surface area contributed by atoms with E-state index in [0.717, 1.165) is 22.9 Å². The Morgan fingerprint density at radius 2 is 1.87 bits per heavy atom. The van der Waals surface area contributed by atoms with Gasteiger partial charge in [-0.3, -0.25) is 9.59 Å². The molecule has 4 N–H and O–H groups in total. The molecule has 2 atom stereocenters. The minimum absolute atomic E-state index is 0.138. The number of aromatic nitrogens is 1. The number of H-pyrrole nitrogens is 1. The molecule has 2 amide bonds. The standard InChI is InChI=1S/C24H28N4O2/c1-2-11-25-23(29)22(13-18-15-26-20-10-6-5-9-19(18)20)28-24(30)21-12-16-7-3-4-8-17(16)14-27-21/h3-10,15,21-22,26-27H,2,11-14H2,1H3,(H,25,29)(H,28,30)/t21-,22+/m0/s1. The van der Waals surface area contributed by atoms with Crippen LogP contribution in [0.15, 0.2) is 54.7 Å². The lowest BCUT2D eigenvalue weighted by molar-refractivity contribution is -0.130. The SMILES string of the molecule is CCCNC(=O)[C@@H](Cc1c[nH]c2ccccc12)NC(=O)[C@@H]1Cc2ccccc2CN1. The Balaban J connectivity index is 1.50. The Bertz CT molecular complexity index is 1040. The van der Waals surface area contributed by atoms with Crippen molar-refractivity contribution in [2.24, 2.45) is 0 Å². The van der Waals surface area contributed by atoms with Crippen LogP contribution in [-0.4, -0.2) is 35.4 Å². The number of para-hydroxylation sites is 1. The summed E-state index contributed by atoms with van der Waals surface area (Å²) >= 11 is 0. The molecule has 0 bridgehead atoms. The molecule has 0 radical (unpaired) electrons. The molecule has 156 valence electrons. The number of aromatic amines is 1. The maximum atomic E-state index is 13.0. The van der Waals surface area contributed by atoms with Crippen LogP contribution in [0.4, 0.5) is 0 Å². The zero-order valence-electron chi connectivity index (χ0n) is 17.2. The van der Waals surface area contributed by atoms with E-state index in [9.17, 15) is 9.59 Å². The van der Waals surface area contributed by atoms with Gasteiger partial charge < -0.3 is 20.9 Å². The van der Waals surface area contributed by atoms with E-state index in [0.29, 0.717) is 25.9 Å². The largest absolute Gasteiger partial charge is 0.361 e. The molecule has 6 nitrogen and oxygen atoms in total. The minimum Gasteiger partial charge on any atom is -0.361 e. The maximum Gasteiger partial charge on any atom is 0.242 e. The third-order valence-corrected chi connectivity index (χ3v) is 5.68. The van der Waals surface area contributed by atoms with E-state index in [2.05, 4.69) is 33.1 Å². The van der Waals surface area contributed by atoms with E-state index < -0.39 is 6.04 Å². The third-order valence-electron chi connectivity index (χ3n) is 5.68. The number of hydrogen-bond donors (Lipinski definition) is 4. The number of carbonyl (C=O) groups excluding carboxylic acids is 2. The molecule has 4 rings (SSSR count). The predicted octanol–water partition coefficient (Wildman–Crippen LogP) is 2.44. The maximum absolute atomic E-state index is 13.0. The first-order valence-electron chi connectivity index (χ1n) is 10.6. The third kappa shape index (κ3) is 4.39. The summed E-state index contributed by atoms with van der Waals surface area (Å²) in [6, 6.07) is 15.2. The van der Waals surface area contributed by atoms with Gasteiger partial charge in [-0.15, -0.1) is 0 Å². The van der Waals surface area contributed by atoms with Crippen molar-refractivity contribution >= 4 is 22.7 Å². The van der Waals surface area contributed by atoms with Crippen LogP contribution in [0, 0.1) is 0 Å². The van der Waals surface area contributed by atoms with E-state index >= 15 is 0 Å². The van der Waals surface area contributed by atoms with E-state index in [4.69, 9.17) is 0 Å². The van der Waals surface area contributed by atoms with Crippen molar-refractivity contribution in [1.29, 1.82) is 0 Å². The predicted molar refractivity (Wildman–Crippen MR) is 118 cm³/mol. The van der Waals surface area contributed by atoms with Crippen LogP contribution in [0.2, 0.25) is 0 Å². The fourth-order valence-electron chi connectivity index (χ4n) is 4.01. The monoisotopic (exact) mass is 404 g/mol. The van der Waals surface area contributed by atoms with Crippen molar-refractivity contribution in [2.75, 3.05) is 6.54 Å². The first kappa shape index (κ1) is 20.2. The molecular weight excluding hydrogens is 376 g/mol. The van der Waals surface area contributed by atoms with Crippen LogP contribution in [-0.2, 0) is 29.0 Å². The number of fused-ring (bicyclic) bond motifs is 2. The number of benzene rings is 2. The van der Waals surface area contributed by atoms with Crippen LogP contribution in [0.5, 0.6) is 0 Å². The van der Waals surface area contributed by atoms with Crippen LogP contribution >= 0.6 is 0 Å². The van der Waals surface area contributed by atoms with Crippen molar-refractivity contribution in [3.05, 3.63) is 71.4 Å². The van der Waals surface area contributed by atoms with Crippen molar-refractivity contribution in [3.8, 4) is 0 Å². The highest BCUT2D eigenvalue weighted by Crippen LogP contribution is 2.20. The fraction of sp³-hybridized carbons (Fsp3) is 0.333. The average Bonchev–Trinajstić information content (AvgIpc) is 3.19. The first-order chi connectivity index (χ1) is 14.7. The molecule has 1 aliphatic rings.